The predicted molar refractivity (Wildman–Crippen MR) is 87.8 cm³/mol. The quantitative estimate of drug-likeness (QED) is 0.677. The molecule has 0 spiro atoms. The predicted octanol–water partition coefficient (Wildman–Crippen LogP) is 3.97. The third-order valence-corrected chi connectivity index (χ3v) is 4.68. The van der Waals surface area contributed by atoms with Gasteiger partial charge in [-0.05, 0) is 50.7 Å². The first-order valence-electron chi connectivity index (χ1n) is 7.94. The summed E-state index contributed by atoms with van der Waals surface area (Å²) in [6.07, 6.45) is 4.13. The van der Waals surface area contributed by atoms with Gasteiger partial charge >= 0.3 is 0 Å². The van der Waals surface area contributed by atoms with Crippen molar-refractivity contribution >= 4 is 11.5 Å². The number of carbonyl (C=O) groups is 1. The number of dihydropyridines is 1. The number of benzene rings is 1. The Balaban J connectivity index is 2.16. The fourth-order valence-electron chi connectivity index (χ4n) is 3.73. The van der Waals surface area contributed by atoms with E-state index < -0.39 is 0 Å². The topological polar surface area (TPSA) is 72.2 Å². The van der Waals surface area contributed by atoms with Crippen molar-refractivity contribution in [3.63, 3.8) is 0 Å². The number of carbonyl (C=O) groups excluding carboxylic acids is 1. The van der Waals surface area contributed by atoms with Gasteiger partial charge in [0.1, 0.15) is 0 Å². The lowest BCUT2D eigenvalue weighted by Gasteiger charge is -2.35. The molecule has 1 aliphatic heterocycles. The molecule has 5 nitrogen and oxygen atoms in total. The number of Topliss-reactive ketones (excluding diaryl/α,β-unsaturated/α-hetero) is 1. The van der Waals surface area contributed by atoms with Gasteiger partial charge in [0.2, 0.25) is 0 Å². The molecule has 1 aromatic carbocycles. The molecule has 0 fully saturated rings. The molecule has 23 heavy (non-hydrogen) atoms. The lowest BCUT2D eigenvalue weighted by molar-refractivity contribution is -0.384. The molecule has 0 radical (unpaired) electrons. The Morgan fingerprint density at radius 3 is 2.74 bits per heavy atom. The summed E-state index contributed by atoms with van der Waals surface area (Å²) in [4.78, 5) is 22.9. The Morgan fingerprint density at radius 2 is 2.04 bits per heavy atom. The van der Waals surface area contributed by atoms with Crippen molar-refractivity contribution < 1.29 is 9.72 Å². The molecule has 1 aromatic rings. The van der Waals surface area contributed by atoms with Crippen LogP contribution < -0.4 is 5.32 Å². The summed E-state index contributed by atoms with van der Waals surface area (Å²) in [5.74, 6) is -0.146. The Bertz CT molecular complexity index is 746. The van der Waals surface area contributed by atoms with Gasteiger partial charge < -0.3 is 5.32 Å². The van der Waals surface area contributed by atoms with Gasteiger partial charge in [0, 0.05) is 35.0 Å². The van der Waals surface area contributed by atoms with Crippen molar-refractivity contribution in [2.45, 2.75) is 45.4 Å². The van der Waals surface area contributed by atoms with Crippen LogP contribution in [0.1, 0.15) is 51.0 Å². The number of allylic oxidation sites excluding steroid dienone is 4. The van der Waals surface area contributed by atoms with Gasteiger partial charge in [-0.15, -0.1) is 0 Å². The summed E-state index contributed by atoms with van der Waals surface area (Å²) in [5.41, 5.74) is 4.91. The molecular formula is C18H20N2O3. The first-order valence-corrected chi connectivity index (χ1v) is 7.94. The van der Waals surface area contributed by atoms with E-state index >= 15 is 0 Å². The van der Waals surface area contributed by atoms with Crippen molar-refractivity contribution in [1.82, 2.24) is 5.32 Å². The zero-order valence-electron chi connectivity index (χ0n) is 13.4. The monoisotopic (exact) mass is 312 g/mol. The lowest BCUT2D eigenvalue weighted by atomic mass is 9.75. The molecule has 1 heterocycles. The molecule has 1 unspecified atom stereocenters. The van der Waals surface area contributed by atoms with Crippen LogP contribution in [0.25, 0.3) is 0 Å². The van der Waals surface area contributed by atoms with E-state index in [-0.39, 0.29) is 22.3 Å². The average molecular weight is 312 g/mol. The molecule has 120 valence electrons. The zero-order chi connectivity index (χ0) is 16.6. The van der Waals surface area contributed by atoms with Crippen molar-refractivity contribution in [3.8, 4) is 0 Å². The molecule has 0 saturated carbocycles. The summed E-state index contributed by atoms with van der Waals surface area (Å²) in [7, 11) is 0. The van der Waals surface area contributed by atoms with Crippen LogP contribution in [0.2, 0.25) is 0 Å². The third kappa shape index (κ3) is 2.79. The van der Waals surface area contributed by atoms with Gasteiger partial charge in [0.25, 0.3) is 5.69 Å². The highest BCUT2D eigenvalue weighted by molar-refractivity contribution is 5.96. The van der Waals surface area contributed by atoms with Crippen LogP contribution in [0.3, 0.4) is 0 Å². The maximum absolute atomic E-state index is 12.2. The highest BCUT2D eigenvalue weighted by atomic mass is 16.6. The Labute approximate surface area is 135 Å². The minimum absolute atomic E-state index is 0.0172. The molecular weight excluding hydrogens is 292 g/mol. The van der Waals surface area contributed by atoms with Crippen LogP contribution in [0, 0.1) is 10.1 Å². The van der Waals surface area contributed by atoms with Crippen LogP contribution in [0.4, 0.5) is 5.69 Å². The maximum atomic E-state index is 12.2. The number of nitrogens with one attached hydrogen (secondary N) is 1. The lowest BCUT2D eigenvalue weighted by Crippen LogP contribution is -2.29. The number of rotatable bonds is 3. The largest absolute Gasteiger partial charge is 0.362 e. The van der Waals surface area contributed by atoms with Gasteiger partial charge in [0.15, 0.2) is 5.78 Å². The minimum Gasteiger partial charge on any atom is -0.362 e. The van der Waals surface area contributed by atoms with Gasteiger partial charge in [-0.2, -0.15) is 0 Å². The number of non-ortho nitro benzene ring substituents is 1. The van der Waals surface area contributed by atoms with Crippen molar-refractivity contribution in [3.05, 3.63) is 62.5 Å². The Hall–Kier alpha value is -2.43. The van der Waals surface area contributed by atoms with E-state index in [2.05, 4.69) is 5.32 Å². The van der Waals surface area contributed by atoms with Crippen LogP contribution >= 0.6 is 0 Å². The molecule has 1 N–H and O–H groups in total. The second kappa shape index (κ2) is 5.99. The number of nitro groups is 1. The van der Waals surface area contributed by atoms with Gasteiger partial charge in [-0.3, -0.25) is 14.9 Å². The van der Waals surface area contributed by atoms with Gasteiger partial charge in [0.05, 0.1) is 4.92 Å². The fourth-order valence-corrected chi connectivity index (χ4v) is 3.73. The standard InChI is InChI=1S/C18H20N2O3/c1-11-17(12(2)21)18(15-8-3-4-9-16(15)19-11)13-6-5-7-14(10-13)20(22)23/h5-7,10,18-19H,3-4,8-9H2,1-2H3. The van der Waals surface area contributed by atoms with E-state index in [1.165, 1.54) is 17.3 Å². The van der Waals surface area contributed by atoms with E-state index in [1.54, 1.807) is 19.1 Å². The summed E-state index contributed by atoms with van der Waals surface area (Å²) in [6.45, 7) is 3.48. The highest BCUT2D eigenvalue weighted by Crippen LogP contribution is 2.44. The van der Waals surface area contributed by atoms with E-state index in [0.29, 0.717) is 0 Å². The Kier molecular flexibility index (Phi) is 4.03. The molecule has 3 rings (SSSR count). The first-order chi connectivity index (χ1) is 11.0. The average Bonchev–Trinajstić information content (AvgIpc) is 2.53. The van der Waals surface area contributed by atoms with Crippen LogP contribution in [0.15, 0.2) is 46.8 Å². The normalized spacial score (nSPS) is 20.9. The molecule has 1 atom stereocenters. The summed E-state index contributed by atoms with van der Waals surface area (Å²) in [5, 5.41) is 14.5. The molecule has 0 aromatic heterocycles. The van der Waals surface area contributed by atoms with Crippen LogP contribution in [-0.2, 0) is 4.79 Å². The molecule has 0 saturated heterocycles. The highest BCUT2D eigenvalue weighted by Gasteiger charge is 2.33. The Morgan fingerprint density at radius 1 is 1.30 bits per heavy atom. The van der Waals surface area contributed by atoms with Gasteiger partial charge in [-0.25, -0.2) is 0 Å². The minimum atomic E-state index is -0.384. The third-order valence-electron chi connectivity index (χ3n) is 4.68. The number of hydrogen-bond acceptors (Lipinski definition) is 4. The zero-order valence-corrected chi connectivity index (χ0v) is 13.4. The summed E-state index contributed by atoms with van der Waals surface area (Å²) < 4.78 is 0. The fraction of sp³-hybridized carbons (Fsp3) is 0.389. The van der Waals surface area contributed by atoms with Crippen LogP contribution in [-0.4, -0.2) is 10.7 Å². The van der Waals surface area contributed by atoms with Crippen molar-refractivity contribution in [2.24, 2.45) is 0 Å². The smallest absolute Gasteiger partial charge is 0.269 e. The van der Waals surface area contributed by atoms with E-state index in [1.807, 2.05) is 13.0 Å². The van der Waals surface area contributed by atoms with E-state index in [9.17, 15) is 14.9 Å². The number of nitro benzene ring substituents is 1. The van der Waals surface area contributed by atoms with Crippen molar-refractivity contribution in [1.29, 1.82) is 0 Å². The number of nitrogens with zero attached hydrogens (tertiary/aromatic N) is 1. The number of hydrogen-bond donors (Lipinski definition) is 1. The van der Waals surface area contributed by atoms with E-state index in [4.69, 9.17) is 0 Å². The van der Waals surface area contributed by atoms with Crippen LogP contribution in [0.5, 0.6) is 0 Å². The molecule has 0 bridgehead atoms. The molecule has 0 amide bonds. The number of ketones is 1. The molecule has 1 aliphatic carbocycles. The SMILES string of the molecule is CC(=O)C1=C(C)NC2=C(CCCC2)C1c1cccc([N+](=O)[O-])c1. The second-order valence-corrected chi connectivity index (χ2v) is 6.22. The van der Waals surface area contributed by atoms with Crippen molar-refractivity contribution in [2.75, 3.05) is 0 Å². The van der Waals surface area contributed by atoms with E-state index in [0.717, 1.165) is 42.5 Å². The molecule has 5 heteroatoms. The molecule has 2 aliphatic rings. The van der Waals surface area contributed by atoms with Gasteiger partial charge in [-0.1, -0.05) is 12.1 Å². The summed E-state index contributed by atoms with van der Waals surface area (Å²) in [6, 6.07) is 6.68. The first kappa shape index (κ1) is 15.5. The summed E-state index contributed by atoms with van der Waals surface area (Å²) >= 11 is 0. The maximum Gasteiger partial charge on any atom is 0.269 e. The second-order valence-electron chi connectivity index (χ2n) is 6.22.